The minimum atomic E-state index is -0.0284. The van der Waals surface area contributed by atoms with E-state index < -0.39 is 0 Å². The van der Waals surface area contributed by atoms with E-state index in [9.17, 15) is 14.4 Å². The number of likely N-dealkylation sites (tertiary alicyclic amines) is 2. The maximum absolute atomic E-state index is 12.7. The largest absolute Gasteiger partial charge is 0.356 e. The number of aryl methyl sites for hydroxylation is 1. The lowest BCUT2D eigenvalue weighted by Crippen LogP contribution is -2.43. The van der Waals surface area contributed by atoms with Crippen molar-refractivity contribution in [2.24, 2.45) is 5.92 Å². The van der Waals surface area contributed by atoms with Crippen LogP contribution in [0.5, 0.6) is 0 Å². The lowest BCUT2D eigenvalue weighted by Gasteiger charge is -2.31. The summed E-state index contributed by atoms with van der Waals surface area (Å²) in [6, 6.07) is 7.63. The molecule has 0 radical (unpaired) electrons. The van der Waals surface area contributed by atoms with Gasteiger partial charge in [0.25, 0.3) is 5.91 Å². The van der Waals surface area contributed by atoms with Crippen molar-refractivity contribution in [3.63, 3.8) is 0 Å². The number of piperidine rings is 1. The summed E-state index contributed by atoms with van der Waals surface area (Å²) >= 11 is 0. The van der Waals surface area contributed by atoms with E-state index in [4.69, 9.17) is 0 Å². The fourth-order valence-electron chi connectivity index (χ4n) is 3.89. The minimum absolute atomic E-state index is 0.0284. The Bertz CT molecular complexity index is 696. The molecule has 2 fully saturated rings. The van der Waals surface area contributed by atoms with Crippen LogP contribution >= 0.6 is 0 Å². The molecule has 0 spiro atoms. The van der Waals surface area contributed by atoms with Crippen LogP contribution < -0.4 is 5.32 Å². The highest BCUT2D eigenvalue weighted by atomic mass is 16.2. The van der Waals surface area contributed by atoms with Gasteiger partial charge in [0.05, 0.1) is 0 Å². The fraction of sp³-hybridized carbons (Fsp3) is 0.571. The van der Waals surface area contributed by atoms with E-state index >= 15 is 0 Å². The Labute approximate surface area is 160 Å². The van der Waals surface area contributed by atoms with Crippen molar-refractivity contribution in [2.75, 3.05) is 32.7 Å². The molecule has 3 rings (SSSR count). The topological polar surface area (TPSA) is 69.7 Å². The van der Waals surface area contributed by atoms with Crippen molar-refractivity contribution in [2.45, 2.75) is 39.0 Å². The second-order valence-corrected chi connectivity index (χ2v) is 7.51. The second kappa shape index (κ2) is 9.02. The zero-order chi connectivity index (χ0) is 19.2. The summed E-state index contributed by atoms with van der Waals surface area (Å²) in [6.45, 7) is 5.36. The number of nitrogens with zero attached hydrogens (tertiary/aromatic N) is 2. The van der Waals surface area contributed by atoms with E-state index in [1.54, 1.807) is 0 Å². The van der Waals surface area contributed by atoms with Crippen molar-refractivity contribution in [3.05, 3.63) is 35.4 Å². The maximum Gasteiger partial charge on any atom is 0.254 e. The molecule has 1 aromatic carbocycles. The fourth-order valence-corrected chi connectivity index (χ4v) is 3.89. The van der Waals surface area contributed by atoms with Gasteiger partial charge in [-0.2, -0.15) is 0 Å². The van der Waals surface area contributed by atoms with Gasteiger partial charge in [-0.1, -0.05) is 18.2 Å². The third kappa shape index (κ3) is 4.87. The lowest BCUT2D eigenvalue weighted by molar-refractivity contribution is -0.127. The summed E-state index contributed by atoms with van der Waals surface area (Å²) in [5.74, 6) is 0.333. The van der Waals surface area contributed by atoms with E-state index in [1.165, 1.54) is 0 Å². The van der Waals surface area contributed by atoms with Crippen LogP contribution in [0, 0.1) is 12.8 Å². The first-order chi connectivity index (χ1) is 13.1. The van der Waals surface area contributed by atoms with Gasteiger partial charge in [0.2, 0.25) is 11.8 Å². The van der Waals surface area contributed by atoms with E-state index in [0.717, 1.165) is 37.1 Å². The molecule has 1 aromatic rings. The molecule has 6 nitrogen and oxygen atoms in total. The van der Waals surface area contributed by atoms with Crippen molar-refractivity contribution in [1.29, 1.82) is 0 Å². The van der Waals surface area contributed by atoms with Crippen molar-refractivity contribution >= 4 is 17.7 Å². The smallest absolute Gasteiger partial charge is 0.254 e. The molecule has 0 saturated carbocycles. The Kier molecular flexibility index (Phi) is 6.48. The highest BCUT2D eigenvalue weighted by molar-refractivity contribution is 5.95. The van der Waals surface area contributed by atoms with Gasteiger partial charge in [-0.3, -0.25) is 14.4 Å². The second-order valence-electron chi connectivity index (χ2n) is 7.51. The molecular formula is C21H29N3O3. The number of nitrogens with one attached hydrogen (secondary N) is 1. The van der Waals surface area contributed by atoms with Gasteiger partial charge in [0.15, 0.2) is 0 Å². The van der Waals surface area contributed by atoms with Crippen LogP contribution in [0.25, 0.3) is 0 Å². The first-order valence-electron chi connectivity index (χ1n) is 9.96. The minimum Gasteiger partial charge on any atom is -0.356 e. The predicted molar refractivity (Wildman–Crippen MR) is 103 cm³/mol. The molecule has 0 bridgehead atoms. The molecule has 0 aromatic heterocycles. The van der Waals surface area contributed by atoms with Gasteiger partial charge in [-0.25, -0.2) is 0 Å². The van der Waals surface area contributed by atoms with Gasteiger partial charge >= 0.3 is 0 Å². The summed E-state index contributed by atoms with van der Waals surface area (Å²) < 4.78 is 0. The van der Waals surface area contributed by atoms with Gasteiger partial charge < -0.3 is 15.1 Å². The number of hydrogen-bond acceptors (Lipinski definition) is 3. The quantitative estimate of drug-likeness (QED) is 0.778. The Hall–Kier alpha value is -2.37. The Morgan fingerprint density at radius 3 is 2.56 bits per heavy atom. The molecule has 1 N–H and O–H groups in total. The zero-order valence-electron chi connectivity index (χ0n) is 16.1. The zero-order valence-corrected chi connectivity index (χ0v) is 16.1. The lowest BCUT2D eigenvalue weighted by atomic mass is 9.95. The van der Waals surface area contributed by atoms with Crippen LogP contribution in [-0.2, 0) is 9.59 Å². The first kappa shape index (κ1) is 19.4. The van der Waals surface area contributed by atoms with Crippen LogP contribution in [0.15, 0.2) is 24.3 Å². The number of carbonyl (C=O) groups is 3. The van der Waals surface area contributed by atoms with E-state index in [-0.39, 0.29) is 23.6 Å². The molecule has 2 aliphatic heterocycles. The summed E-state index contributed by atoms with van der Waals surface area (Å²) in [6.07, 6.45) is 3.81. The Morgan fingerprint density at radius 1 is 1.15 bits per heavy atom. The van der Waals surface area contributed by atoms with Gasteiger partial charge in [-0.05, 0) is 44.2 Å². The Balaban J connectivity index is 1.38. The first-order valence-corrected chi connectivity index (χ1v) is 9.96. The maximum atomic E-state index is 12.7. The molecule has 2 saturated heterocycles. The van der Waals surface area contributed by atoms with Crippen molar-refractivity contribution in [3.8, 4) is 0 Å². The SMILES string of the molecule is Cc1ccccc1C(=O)N1CCC(C(=O)NCCCN2CCCC2=O)CC1. The highest BCUT2D eigenvalue weighted by Crippen LogP contribution is 2.20. The third-order valence-electron chi connectivity index (χ3n) is 5.60. The van der Waals surface area contributed by atoms with Crippen molar-refractivity contribution < 1.29 is 14.4 Å². The average molecular weight is 371 g/mol. The Morgan fingerprint density at radius 2 is 1.89 bits per heavy atom. The predicted octanol–water partition coefficient (Wildman–Crippen LogP) is 1.98. The summed E-state index contributed by atoms with van der Waals surface area (Å²) in [5.41, 5.74) is 1.73. The molecule has 0 atom stereocenters. The van der Waals surface area contributed by atoms with E-state index in [0.29, 0.717) is 38.9 Å². The standard InChI is InChI=1S/C21H29N3O3/c1-16-6-2-3-7-18(16)21(27)24-14-9-17(10-15-24)20(26)22-11-5-13-23-12-4-8-19(23)25/h2-3,6-7,17H,4-5,8-15H2,1H3,(H,22,26). The average Bonchev–Trinajstić information content (AvgIpc) is 3.10. The normalized spacial score (nSPS) is 18.0. The number of rotatable bonds is 6. The van der Waals surface area contributed by atoms with Gasteiger partial charge in [0.1, 0.15) is 0 Å². The molecule has 2 heterocycles. The molecule has 2 aliphatic rings. The molecule has 146 valence electrons. The van der Waals surface area contributed by atoms with Crippen LogP contribution in [-0.4, -0.2) is 60.2 Å². The van der Waals surface area contributed by atoms with Gasteiger partial charge in [0, 0.05) is 50.6 Å². The van der Waals surface area contributed by atoms with E-state index in [1.807, 2.05) is 41.0 Å². The molecule has 0 unspecified atom stereocenters. The van der Waals surface area contributed by atoms with Crippen LogP contribution in [0.3, 0.4) is 0 Å². The summed E-state index contributed by atoms with van der Waals surface area (Å²) in [7, 11) is 0. The molecule has 6 heteroatoms. The van der Waals surface area contributed by atoms with Crippen LogP contribution in [0.1, 0.15) is 48.0 Å². The van der Waals surface area contributed by atoms with Gasteiger partial charge in [-0.15, -0.1) is 0 Å². The van der Waals surface area contributed by atoms with Crippen molar-refractivity contribution in [1.82, 2.24) is 15.1 Å². The van der Waals surface area contributed by atoms with Crippen LogP contribution in [0.4, 0.5) is 0 Å². The number of benzene rings is 1. The molecule has 0 aliphatic carbocycles. The van der Waals surface area contributed by atoms with Crippen LogP contribution in [0.2, 0.25) is 0 Å². The monoisotopic (exact) mass is 371 g/mol. The third-order valence-corrected chi connectivity index (χ3v) is 5.60. The number of hydrogen-bond donors (Lipinski definition) is 1. The van der Waals surface area contributed by atoms with E-state index in [2.05, 4.69) is 5.32 Å². The summed E-state index contributed by atoms with van der Waals surface area (Å²) in [5, 5.41) is 3.00. The number of carbonyl (C=O) groups excluding carboxylic acids is 3. The summed E-state index contributed by atoms with van der Waals surface area (Å²) in [4.78, 5) is 40.3. The number of amides is 3. The molecular weight excluding hydrogens is 342 g/mol. The molecule has 27 heavy (non-hydrogen) atoms. The molecule has 3 amide bonds. The highest BCUT2D eigenvalue weighted by Gasteiger charge is 2.28.